The summed E-state index contributed by atoms with van der Waals surface area (Å²) in [5, 5.41) is 168. The smallest absolute Gasteiger partial charge is 0.217 e. The molecule has 5 heterocycles. The molecule has 27 nitrogen and oxygen atoms in total. The third-order valence-corrected chi connectivity index (χ3v) is 10.7. The van der Waals surface area contributed by atoms with Gasteiger partial charge in [0.25, 0.3) is 0 Å². The zero-order chi connectivity index (χ0) is 43.6. The molecule has 5 rings (SSSR count). The maximum absolute atomic E-state index is 12.4. The highest BCUT2D eigenvalue weighted by Crippen LogP contribution is 2.34. The first kappa shape index (κ1) is 48.5. The van der Waals surface area contributed by atoms with Crippen LogP contribution < -0.4 is 5.32 Å². The van der Waals surface area contributed by atoms with Crippen molar-refractivity contribution in [1.29, 1.82) is 0 Å². The van der Waals surface area contributed by atoms with E-state index in [1.54, 1.807) is 0 Å². The van der Waals surface area contributed by atoms with Gasteiger partial charge in [0.2, 0.25) is 5.91 Å². The normalized spacial score (nSPS) is 51.0. The van der Waals surface area contributed by atoms with Crippen molar-refractivity contribution in [2.75, 3.05) is 33.0 Å². The number of hydrogen-bond acceptors (Lipinski definition) is 26. The van der Waals surface area contributed by atoms with Gasteiger partial charge in [-0.05, 0) is 0 Å². The van der Waals surface area contributed by atoms with E-state index in [0.717, 1.165) is 6.92 Å². The molecule has 0 bridgehead atoms. The fourth-order valence-corrected chi connectivity index (χ4v) is 7.21. The molecule has 27 heteroatoms. The van der Waals surface area contributed by atoms with E-state index in [1.165, 1.54) is 0 Å². The summed E-state index contributed by atoms with van der Waals surface area (Å²) >= 11 is 0. The van der Waals surface area contributed by atoms with Crippen LogP contribution in [-0.2, 0) is 47.4 Å². The topological polar surface area (TPSA) is 436 Å². The summed E-state index contributed by atoms with van der Waals surface area (Å²) in [6.07, 6.45) is -44.4. The van der Waals surface area contributed by atoms with Gasteiger partial charge in [-0.1, -0.05) is 0 Å². The Morgan fingerprint density at radius 2 is 0.780 bits per heavy atom. The van der Waals surface area contributed by atoms with Gasteiger partial charge < -0.3 is 130 Å². The molecule has 5 fully saturated rings. The SMILES string of the molecule is CC(=O)N[C@H]1C(O)O[C@H](CO[C@@H]2O[C@H](CO)[C@@H](O)[C@H](O)[C@H]2O)[C@H](O[C@@H]2O[C@H](CO)[C@@H](O)[C@H](O)[C@H]2O)[C@@H]1O[C@@H]1O[C@H](CO[C@@H]2O[C@H](CO)[C@@H](O)[C@H](O)[C@H]2O)[C@H](O)[C@H](O)[C@H]1O. The van der Waals surface area contributed by atoms with Crippen LogP contribution in [0.25, 0.3) is 0 Å². The van der Waals surface area contributed by atoms with Crippen molar-refractivity contribution in [3.05, 3.63) is 0 Å². The number of rotatable bonds is 14. The number of amides is 1. The van der Waals surface area contributed by atoms with E-state index in [2.05, 4.69) is 5.32 Å². The van der Waals surface area contributed by atoms with Gasteiger partial charge in [-0.25, -0.2) is 0 Å². The van der Waals surface area contributed by atoms with Crippen molar-refractivity contribution in [3.8, 4) is 0 Å². The van der Waals surface area contributed by atoms with Crippen LogP contribution in [0.2, 0.25) is 0 Å². The van der Waals surface area contributed by atoms with Crippen molar-refractivity contribution in [1.82, 2.24) is 5.32 Å². The summed E-state index contributed by atoms with van der Waals surface area (Å²) in [5.41, 5.74) is 0. The number of carbonyl (C=O) groups excluding carboxylic acids is 1. The Morgan fingerprint density at radius 1 is 0.441 bits per heavy atom. The third-order valence-electron chi connectivity index (χ3n) is 10.7. The van der Waals surface area contributed by atoms with Gasteiger partial charge in [-0.15, -0.1) is 0 Å². The molecule has 0 spiro atoms. The zero-order valence-corrected chi connectivity index (χ0v) is 31.2. The molecule has 5 aliphatic rings. The Labute approximate surface area is 333 Å². The highest BCUT2D eigenvalue weighted by molar-refractivity contribution is 5.73. The van der Waals surface area contributed by atoms with Gasteiger partial charge in [0.1, 0.15) is 122 Å². The van der Waals surface area contributed by atoms with Crippen LogP contribution >= 0.6 is 0 Å². The lowest BCUT2D eigenvalue weighted by atomic mass is 9.94. The molecule has 0 saturated carbocycles. The van der Waals surface area contributed by atoms with E-state index in [0.29, 0.717) is 0 Å². The first-order valence-electron chi connectivity index (χ1n) is 18.6. The van der Waals surface area contributed by atoms with Gasteiger partial charge in [0, 0.05) is 6.92 Å². The van der Waals surface area contributed by atoms with Gasteiger partial charge in [0.15, 0.2) is 31.5 Å². The second-order valence-electron chi connectivity index (χ2n) is 14.8. The van der Waals surface area contributed by atoms with Crippen LogP contribution in [0.5, 0.6) is 0 Å². The lowest BCUT2D eigenvalue weighted by molar-refractivity contribution is -0.379. The standard InChI is InChI=1S/C32H55NO26/c1-7(37)33-13-27(59-32-25(49)21(45)17(41)11(57-32)5-51-29-22(46)18(42)14(38)8(2-34)54-29)26(58-31-24(48)20(44)16(40)10(4-36)56-31)12(53-28(13)50)6-52-30-23(47)19(43)15(39)9(3-35)55-30/h8-32,34-36,38-50H,2-6H2,1H3,(H,33,37)/t8-,9-,10-,11-,12-,13-,14-,15-,16-,17+,18+,19+,20+,21+,22-,23-,24-,25-,26+,27-,28?,29-,30-,31+,32+/m1/s1. The van der Waals surface area contributed by atoms with Crippen LogP contribution in [0, 0.1) is 0 Å². The average Bonchev–Trinajstić information content (AvgIpc) is 3.21. The summed E-state index contributed by atoms with van der Waals surface area (Å²) in [5.74, 6) is -0.819. The van der Waals surface area contributed by atoms with Gasteiger partial charge in [0.05, 0.1) is 33.0 Å². The Balaban J connectivity index is 1.44. The second kappa shape index (κ2) is 20.8. The molecule has 0 aliphatic carbocycles. The summed E-state index contributed by atoms with van der Waals surface area (Å²) in [4.78, 5) is 12.4. The van der Waals surface area contributed by atoms with Gasteiger partial charge in [-0.2, -0.15) is 0 Å². The Hall–Kier alpha value is -1.53. The molecule has 59 heavy (non-hydrogen) atoms. The van der Waals surface area contributed by atoms with Crippen LogP contribution in [0.4, 0.5) is 0 Å². The second-order valence-corrected chi connectivity index (χ2v) is 14.8. The monoisotopic (exact) mass is 869 g/mol. The van der Waals surface area contributed by atoms with Crippen LogP contribution in [0.1, 0.15) is 6.92 Å². The molecule has 5 aliphatic heterocycles. The first-order valence-corrected chi connectivity index (χ1v) is 18.6. The number of nitrogens with one attached hydrogen (secondary N) is 1. The number of hydrogen-bond donors (Lipinski definition) is 17. The molecular weight excluding hydrogens is 814 g/mol. The van der Waals surface area contributed by atoms with Crippen LogP contribution in [-0.4, -0.2) is 274 Å². The highest BCUT2D eigenvalue weighted by Gasteiger charge is 2.56. The molecule has 5 saturated heterocycles. The molecule has 1 unspecified atom stereocenters. The van der Waals surface area contributed by atoms with E-state index in [-0.39, 0.29) is 0 Å². The molecule has 0 radical (unpaired) electrons. The number of aliphatic hydroxyl groups excluding tert-OH is 16. The minimum absolute atomic E-state index is 0.792. The fourth-order valence-electron chi connectivity index (χ4n) is 7.21. The Morgan fingerprint density at radius 3 is 1.19 bits per heavy atom. The predicted octanol–water partition coefficient (Wildman–Crippen LogP) is -11.8. The summed E-state index contributed by atoms with van der Waals surface area (Å²) in [7, 11) is 0. The summed E-state index contributed by atoms with van der Waals surface area (Å²) in [6.45, 7) is -3.15. The summed E-state index contributed by atoms with van der Waals surface area (Å²) < 4.78 is 50.7. The molecule has 0 aromatic rings. The highest BCUT2D eigenvalue weighted by atomic mass is 16.8. The zero-order valence-electron chi connectivity index (χ0n) is 31.2. The Kier molecular flexibility index (Phi) is 17.1. The molecule has 344 valence electrons. The Bertz CT molecular complexity index is 1320. The lowest BCUT2D eigenvalue weighted by Crippen LogP contribution is -2.70. The van der Waals surface area contributed by atoms with Crippen molar-refractivity contribution in [2.24, 2.45) is 0 Å². The van der Waals surface area contributed by atoms with Crippen LogP contribution in [0.3, 0.4) is 0 Å². The minimum atomic E-state index is -2.15. The lowest BCUT2D eigenvalue weighted by Gasteiger charge is -2.50. The number of ether oxygens (including phenoxy) is 9. The minimum Gasteiger partial charge on any atom is -0.394 e. The van der Waals surface area contributed by atoms with E-state index >= 15 is 0 Å². The third kappa shape index (κ3) is 10.5. The quantitative estimate of drug-likeness (QED) is 0.0770. The number of carbonyl (C=O) groups is 1. The van der Waals surface area contributed by atoms with E-state index in [1.807, 2.05) is 0 Å². The largest absolute Gasteiger partial charge is 0.394 e. The van der Waals surface area contributed by atoms with Crippen molar-refractivity contribution >= 4 is 5.91 Å². The number of aliphatic hydroxyl groups is 16. The maximum atomic E-state index is 12.4. The molecule has 0 aromatic carbocycles. The average molecular weight is 870 g/mol. The van der Waals surface area contributed by atoms with E-state index in [4.69, 9.17) is 42.6 Å². The first-order chi connectivity index (χ1) is 27.8. The summed E-state index contributed by atoms with van der Waals surface area (Å²) in [6, 6.07) is -1.73. The molecule has 25 atom stereocenters. The molecule has 17 N–H and O–H groups in total. The molecular formula is C32H55NO26. The van der Waals surface area contributed by atoms with E-state index < -0.39 is 192 Å². The fraction of sp³-hybridized carbons (Fsp3) is 0.969. The van der Waals surface area contributed by atoms with Crippen molar-refractivity contribution < 1.29 is 129 Å². The maximum Gasteiger partial charge on any atom is 0.217 e. The van der Waals surface area contributed by atoms with Crippen molar-refractivity contribution in [3.63, 3.8) is 0 Å². The molecule has 1 amide bonds. The van der Waals surface area contributed by atoms with Gasteiger partial charge >= 0.3 is 0 Å². The van der Waals surface area contributed by atoms with Crippen LogP contribution in [0.15, 0.2) is 0 Å². The van der Waals surface area contributed by atoms with Crippen molar-refractivity contribution in [2.45, 2.75) is 160 Å². The van der Waals surface area contributed by atoms with E-state index in [9.17, 15) is 86.5 Å². The van der Waals surface area contributed by atoms with Gasteiger partial charge in [-0.3, -0.25) is 4.79 Å². The predicted molar refractivity (Wildman–Crippen MR) is 178 cm³/mol. The molecule has 0 aromatic heterocycles.